The van der Waals surface area contributed by atoms with Gasteiger partial charge in [0.1, 0.15) is 0 Å². The van der Waals surface area contributed by atoms with Gasteiger partial charge in [0.25, 0.3) is 0 Å². The fraction of sp³-hybridized carbons (Fsp3) is 0.0714. The number of sulfonamides is 1. The van der Waals surface area contributed by atoms with Crippen LogP contribution in [-0.4, -0.2) is 19.8 Å². The smallest absolute Gasteiger partial charge is 0.229 e. The lowest BCUT2D eigenvalue weighted by atomic mass is 10.3. The van der Waals surface area contributed by atoms with Crippen molar-refractivity contribution in [3.8, 4) is 0 Å². The summed E-state index contributed by atoms with van der Waals surface area (Å²) in [6, 6.07) is 11.9. The molecule has 0 aliphatic heterocycles. The number of nitrogens with two attached hydrogens (primary N) is 1. The summed E-state index contributed by atoms with van der Waals surface area (Å²) in [6.07, 6.45) is 1.06. The van der Waals surface area contributed by atoms with Gasteiger partial charge in [0.05, 0.1) is 17.0 Å². The standard InChI is InChI=1S/C14H15ClN4O2S2/c1-23(20,21)19-13-7-6-11(8-12(13)15)18-14(22)17-10-4-2-9(16)3-5-10/h2-8,19H,16H2,1H3,(H2,17,18,22). The van der Waals surface area contributed by atoms with E-state index in [1.54, 1.807) is 42.5 Å². The van der Waals surface area contributed by atoms with Crippen molar-refractivity contribution in [1.82, 2.24) is 0 Å². The van der Waals surface area contributed by atoms with Crippen LogP contribution in [0.4, 0.5) is 22.7 Å². The van der Waals surface area contributed by atoms with Crippen molar-refractivity contribution in [2.45, 2.75) is 0 Å². The number of hydrogen-bond acceptors (Lipinski definition) is 4. The Kier molecular flexibility index (Phi) is 5.30. The molecule has 0 heterocycles. The second-order valence-electron chi connectivity index (χ2n) is 4.77. The van der Waals surface area contributed by atoms with E-state index in [1.165, 1.54) is 0 Å². The SMILES string of the molecule is CS(=O)(=O)Nc1ccc(NC(=S)Nc2ccc(N)cc2)cc1Cl. The van der Waals surface area contributed by atoms with E-state index in [0.29, 0.717) is 22.2 Å². The average molecular weight is 371 g/mol. The summed E-state index contributed by atoms with van der Waals surface area (Å²) in [5.41, 5.74) is 8.00. The first-order valence-electron chi connectivity index (χ1n) is 6.44. The molecule has 0 aliphatic carbocycles. The summed E-state index contributed by atoms with van der Waals surface area (Å²) < 4.78 is 24.8. The van der Waals surface area contributed by atoms with Crippen LogP contribution in [0, 0.1) is 0 Å². The monoisotopic (exact) mass is 370 g/mol. The van der Waals surface area contributed by atoms with Gasteiger partial charge in [-0.1, -0.05) is 11.6 Å². The summed E-state index contributed by atoms with van der Waals surface area (Å²) in [5.74, 6) is 0. The molecule has 0 amide bonds. The van der Waals surface area contributed by atoms with Crippen molar-refractivity contribution in [2.75, 3.05) is 27.3 Å². The molecule has 6 nitrogen and oxygen atoms in total. The van der Waals surface area contributed by atoms with Gasteiger partial charge < -0.3 is 16.4 Å². The molecule has 2 aromatic rings. The molecule has 0 bridgehead atoms. The third-order valence-corrected chi connectivity index (χ3v) is 3.80. The summed E-state index contributed by atoms with van der Waals surface area (Å²) in [6.45, 7) is 0. The molecule has 0 saturated carbocycles. The molecule has 23 heavy (non-hydrogen) atoms. The highest BCUT2D eigenvalue weighted by Gasteiger charge is 2.07. The van der Waals surface area contributed by atoms with Crippen molar-refractivity contribution < 1.29 is 8.42 Å². The van der Waals surface area contributed by atoms with Crippen LogP contribution in [0.5, 0.6) is 0 Å². The lowest BCUT2D eigenvalue weighted by Crippen LogP contribution is -2.19. The Morgan fingerprint density at radius 1 is 1.09 bits per heavy atom. The Morgan fingerprint density at radius 3 is 2.22 bits per heavy atom. The van der Waals surface area contributed by atoms with E-state index in [-0.39, 0.29) is 5.02 Å². The third kappa shape index (κ3) is 5.59. The Balaban J connectivity index is 2.04. The first-order valence-corrected chi connectivity index (χ1v) is 9.11. The Morgan fingerprint density at radius 2 is 1.65 bits per heavy atom. The number of halogens is 1. The maximum absolute atomic E-state index is 11.2. The molecule has 0 radical (unpaired) electrons. The molecular weight excluding hydrogens is 356 g/mol. The number of anilines is 4. The first kappa shape index (κ1) is 17.3. The third-order valence-electron chi connectivity index (χ3n) is 2.69. The van der Waals surface area contributed by atoms with E-state index in [0.717, 1.165) is 11.9 Å². The van der Waals surface area contributed by atoms with Crippen LogP contribution in [0.15, 0.2) is 42.5 Å². The summed E-state index contributed by atoms with van der Waals surface area (Å²) in [4.78, 5) is 0. The number of benzene rings is 2. The lowest BCUT2D eigenvalue weighted by Gasteiger charge is -2.12. The fourth-order valence-corrected chi connectivity index (χ4v) is 2.83. The maximum Gasteiger partial charge on any atom is 0.229 e. The number of hydrogen-bond donors (Lipinski definition) is 4. The van der Waals surface area contributed by atoms with Gasteiger partial charge in [-0.3, -0.25) is 4.72 Å². The second-order valence-corrected chi connectivity index (χ2v) is 7.33. The first-order chi connectivity index (χ1) is 10.7. The zero-order valence-corrected chi connectivity index (χ0v) is 14.5. The van der Waals surface area contributed by atoms with Crippen molar-refractivity contribution in [3.05, 3.63) is 47.5 Å². The number of thiocarbonyl (C=S) groups is 1. The normalized spacial score (nSPS) is 10.9. The van der Waals surface area contributed by atoms with Gasteiger partial charge in [0, 0.05) is 17.1 Å². The van der Waals surface area contributed by atoms with Crippen LogP contribution < -0.4 is 21.1 Å². The van der Waals surface area contributed by atoms with Crippen LogP contribution in [0.25, 0.3) is 0 Å². The van der Waals surface area contributed by atoms with Crippen LogP contribution in [0.3, 0.4) is 0 Å². The molecule has 0 aromatic heterocycles. The van der Waals surface area contributed by atoms with Crippen molar-refractivity contribution in [3.63, 3.8) is 0 Å². The van der Waals surface area contributed by atoms with Gasteiger partial charge in [-0.25, -0.2) is 8.42 Å². The zero-order chi connectivity index (χ0) is 17.0. The molecule has 0 spiro atoms. The van der Waals surface area contributed by atoms with E-state index in [9.17, 15) is 8.42 Å². The van der Waals surface area contributed by atoms with E-state index >= 15 is 0 Å². The molecule has 2 rings (SSSR count). The van der Waals surface area contributed by atoms with Gasteiger partial charge in [-0.05, 0) is 54.7 Å². The van der Waals surface area contributed by atoms with Crippen LogP contribution in [0.1, 0.15) is 0 Å². The van der Waals surface area contributed by atoms with Gasteiger partial charge >= 0.3 is 0 Å². The summed E-state index contributed by atoms with van der Waals surface area (Å²) >= 11 is 11.3. The highest BCUT2D eigenvalue weighted by molar-refractivity contribution is 7.92. The number of nitrogen functional groups attached to an aromatic ring is 1. The van der Waals surface area contributed by atoms with Gasteiger partial charge in [0.15, 0.2) is 5.11 Å². The minimum atomic E-state index is -3.38. The summed E-state index contributed by atoms with van der Waals surface area (Å²) in [7, 11) is -3.38. The number of rotatable bonds is 4. The molecule has 0 fully saturated rings. The molecular formula is C14H15ClN4O2S2. The molecule has 9 heteroatoms. The fourth-order valence-electron chi connectivity index (χ4n) is 1.74. The minimum Gasteiger partial charge on any atom is -0.399 e. The predicted molar refractivity (Wildman–Crippen MR) is 101 cm³/mol. The van der Waals surface area contributed by atoms with Crippen molar-refractivity contribution in [1.29, 1.82) is 0 Å². The highest BCUT2D eigenvalue weighted by atomic mass is 35.5. The second kappa shape index (κ2) is 7.03. The maximum atomic E-state index is 11.2. The van der Waals surface area contributed by atoms with Gasteiger partial charge in [-0.15, -0.1) is 0 Å². The Labute approximate surface area is 145 Å². The average Bonchev–Trinajstić information content (AvgIpc) is 2.43. The molecule has 5 N–H and O–H groups in total. The van der Waals surface area contributed by atoms with E-state index in [4.69, 9.17) is 29.6 Å². The molecule has 0 saturated heterocycles. The van der Waals surface area contributed by atoms with E-state index in [1.807, 2.05) is 0 Å². The van der Waals surface area contributed by atoms with Crippen LogP contribution >= 0.6 is 23.8 Å². The topological polar surface area (TPSA) is 96.2 Å². The van der Waals surface area contributed by atoms with E-state index in [2.05, 4.69) is 15.4 Å². The van der Waals surface area contributed by atoms with Crippen molar-refractivity contribution >= 4 is 61.7 Å². The van der Waals surface area contributed by atoms with Gasteiger partial charge in [0.2, 0.25) is 10.0 Å². The van der Waals surface area contributed by atoms with Crippen LogP contribution in [0.2, 0.25) is 5.02 Å². The Bertz CT molecular complexity index is 823. The summed E-state index contributed by atoms with van der Waals surface area (Å²) in [5, 5.41) is 6.59. The lowest BCUT2D eigenvalue weighted by molar-refractivity contribution is 0.607. The van der Waals surface area contributed by atoms with Gasteiger partial charge in [-0.2, -0.15) is 0 Å². The highest BCUT2D eigenvalue weighted by Crippen LogP contribution is 2.26. The molecule has 0 atom stereocenters. The number of nitrogens with one attached hydrogen (secondary N) is 3. The minimum absolute atomic E-state index is 0.260. The van der Waals surface area contributed by atoms with Crippen LogP contribution in [-0.2, 0) is 10.0 Å². The quantitative estimate of drug-likeness (QED) is 0.488. The molecule has 2 aromatic carbocycles. The molecule has 122 valence electrons. The molecule has 0 unspecified atom stereocenters. The predicted octanol–water partition coefficient (Wildman–Crippen LogP) is 3.10. The largest absolute Gasteiger partial charge is 0.399 e. The van der Waals surface area contributed by atoms with E-state index < -0.39 is 10.0 Å². The Hall–Kier alpha value is -2.03. The zero-order valence-electron chi connectivity index (χ0n) is 12.1. The van der Waals surface area contributed by atoms with Crippen molar-refractivity contribution in [2.24, 2.45) is 0 Å². The molecule has 0 aliphatic rings.